The Labute approximate surface area is 245 Å². The van der Waals surface area contributed by atoms with Crippen molar-refractivity contribution in [2.24, 2.45) is 5.92 Å². The Morgan fingerprint density at radius 2 is 0.929 bits per heavy atom. The quantitative estimate of drug-likeness (QED) is 0.117. The molecule has 0 heterocycles. The summed E-state index contributed by atoms with van der Waals surface area (Å²) in [4.78, 5) is 36.2. The topological polar surface area (TPSA) is 78.9 Å². The molecule has 4 rings (SSSR count). The molecule has 0 spiro atoms. The minimum absolute atomic E-state index is 0.305. The van der Waals surface area contributed by atoms with E-state index in [2.05, 4.69) is 13.2 Å². The van der Waals surface area contributed by atoms with Gasteiger partial charge in [-0.2, -0.15) is 0 Å². The fourth-order valence-corrected chi connectivity index (χ4v) is 3.91. The average molecular weight is 561 g/mol. The highest BCUT2D eigenvalue weighted by atomic mass is 16.5. The second-order valence-corrected chi connectivity index (χ2v) is 10.3. The summed E-state index contributed by atoms with van der Waals surface area (Å²) >= 11 is 0. The maximum absolute atomic E-state index is 12.6. The van der Waals surface area contributed by atoms with Crippen molar-refractivity contribution < 1.29 is 28.6 Å². The van der Waals surface area contributed by atoms with E-state index in [0.717, 1.165) is 33.4 Å². The minimum Gasteiger partial charge on any atom is -0.426 e. The lowest BCUT2D eigenvalue weighted by atomic mass is 9.97. The van der Waals surface area contributed by atoms with Gasteiger partial charge < -0.3 is 14.2 Å². The van der Waals surface area contributed by atoms with Gasteiger partial charge in [0.2, 0.25) is 0 Å². The summed E-state index contributed by atoms with van der Waals surface area (Å²) in [5.41, 5.74) is 5.97. The van der Waals surface area contributed by atoms with Crippen molar-refractivity contribution in [2.75, 3.05) is 0 Å². The first-order valence-electron chi connectivity index (χ1n) is 13.4. The minimum atomic E-state index is -0.495. The predicted octanol–water partition coefficient (Wildman–Crippen LogP) is 8.21. The van der Waals surface area contributed by atoms with Crippen LogP contribution >= 0.6 is 0 Å². The number of ether oxygens (including phenoxy) is 3. The van der Waals surface area contributed by atoms with Gasteiger partial charge in [-0.05, 0) is 72.0 Å². The van der Waals surface area contributed by atoms with Crippen LogP contribution in [0.15, 0.2) is 115 Å². The molecule has 42 heavy (non-hydrogen) atoms. The summed E-state index contributed by atoms with van der Waals surface area (Å²) in [5, 5.41) is 0. The van der Waals surface area contributed by atoms with Crippen LogP contribution in [0.3, 0.4) is 0 Å². The molecule has 0 N–H and O–H groups in total. The molecule has 0 aliphatic heterocycles. The third-order valence-corrected chi connectivity index (χ3v) is 6.35. The van der Waals surface area contributed by atoms with Crippen molar-refractivity contribution in [1.29, 1.82) is 0 Å². The Kier molecular flexibility index (Phi) is 9.18. The number of benzene rings is 4. The van der Waals surface area contributed by atoms with Crippen molar-refractivity contribution in [2.45, 2.75) is 27.7 Å². The molecule has 0 aliphatic carbocycles. The van der Waals surface area contributed by atoms with Crippen LogP contribution in [0.5, 0.6) is 17.2 Å². The standard InChI is InChI=1S/C36H32O6/c1-22(2)34(37)40-30-16-11-26(12-17-30)25-7-9-27(10-8-25)29-15-20-32(33(21-29)42-36(39)24(5)6)28-13-18-31(19-14-28)41-35(38)23(3)4/h7-21,24H,1,3H2,2,4-6H3. The first-order valence-corrected chi connectivity index (χ1v) is 13.4. The second kappa shape index (κ2) is 13.0. The van der Waals surface area contributed by atoms with Gasteiger partial charge in [-0.25, -0.2) is 9.59 Å². The van der Waals surface area contributed by atoms with Gasteiger partial charge in [-0.1, -0.05) is 87.7 Å². The van der Waals surface area contributed by atoms with Crippen LogP contribution in [0.2, 0.25) is 0 Å². The summed E-state index contributed by atoms with van der Waals surface area (Å²) in [7, 11) is 0. The van der Waals surface area contributed by atoms with E-state index in [0.29, 0.717) is 28.4 Å². The van der Waals surface area contributed by atoms with Gasteiger partial charge in [0, 0.05) is 16.7 Å². The van der Waals surface area contributed by atoms with Gasteiger partial charge in [0.15, 0.2) is 0 Å². The number of esters is 3. The van der Waals surface area contributed by atoms with E-state index in [4.69, 9.17) is 14.2 Å². The van der Waals surface area contributed by atoms with E-state index in [-0.39, 0.29) is 11.9 Å². The van der Waals surface area contributed by atoms with Gasteiger partial charge in [-0.15, -0.1) is 0 Å². The maximum atomic E-state index is 12.6. The Bertz CT molecular complexity index is 1640. The third kappa shape index (κ3) is 7.29. The summed E-state index contributed by atoms with van der Waals surface area (Å²) in [5.74, 6) is -0.319. The van der Waals surface area contributed by atoms with Gasteiger partial charge in [0.1, 0.15) is 17.2 Å². The summed E-state index contributed by atoms with van der Waals surface area (Å²) in [6.07, 6.45) is 0. The number of hydrogen-bond acceptors (Lipinski definition) is 6. The van der Waals surface area contributed by atoms with E-state index < -0.39 is 11.9 Å². The molecule has 0 atom stereocenters. The van der Waals surface area contributed by atoms with E-state index in [1.165, 1.54) is 0 Å². The molecule has 212 valence electrons. The Morgan fingerprint density at radius 3 is 1.36 bits per heavy atom. The highest BCUT2D eigenvalue weighted by molar-refractivity contribution is 5.89. The predicted molar refractivity (Wildman–Crippen MR) is 164 cm³/mol. The van der Waals surface area contributed by atoms with E-state index in [9.17, 15) is 14.4 Å². The highest BCUT2D eigenvalue weighted by Gasteiger charge is 2.16. The van der Waals surface area contributed by atoms with Gasteiger partial charge in [0.05, 0.1) is 5.92 Å². The van der Waals surface area contributed by atoms with E-state index >= 15 is 0 Å². The molecule has 0 saturated carbocycles. The zero-order chi connectivity index (χ0) is 30.4. The lowest BCUT2D eigenvalue weighted by Gasteiger charge is -2.15. The number of carbonyl (C=O) groups is 3. The molecule has 0 radical (unpaired) electrons. The van der Waals surface area contributed by atoms with Crippen LogP contribution in [0, 0.1) is 5.92 Å². The monoisotopic (exact) mass is 560 g/mol. The third-order valence-electron chi connectivity index (χ3n) is 6.35. The first-order chi connectivity index (χ1) is 20.0. The van der Waals surface area contributed by atoms with Crippen molar-refractivity contribution in [1.82, 2.24) is 0 Å². The van der Waals surface area contributed by atoms with Crippen molar-refractivity contribution in [3.8, 4) is 50.6 Å². The molecule has 4 aromatic rings. The zero-order valence-corrected chi connectivity index (χ0v) is 24.1. The molecule has 0 aliphatic rings. The summed E-state index contributed by atoms with van der Waals surface area (Å²) < 4.78 is 16.4. The molecule has 6 nitrogen and oxygen atoms in total. The summed E-state index contributed by atoms with van der Waals surface area (Å²) in [6, 6.07) is 28.0. The lowest BCUT2D eigenvalue weighted by Crippen LogP contribution is -2.15. The molecule has 0 aromatic heterocycles. The summed E-state index contributed by atoms with van der Waals surface area (Å²) in [6.45, 7) is 14.0. The fourth-order valence-electron chi connectivity index (χ4n) is 3.91. The molecule has 4 aromatic carbocycles. The number of hydrogen-bond donors (Lipinski definition) is 0. The van der Waals surface area contributed by atoms with Crippen LogP contribution in [-0.4, -0.2) is 17.9 Å². The molecule has 0 unspecified atom stereocenters. The van der Waals surface area contributed by atoms with Crippen LogP contribution in [-0.2, 0) is 14.4 Å². The molecule has 0 bridgehead atoms. The molecule has 0 fully saturated rings. The fraction of sp³-hybridized carbons (Fsp3) is 0.139. The smallest absolute Gasteiger partial charge is 0.338 e. The van der Waals surface area contributed by atoms with Gasteiger partial charge in [-0.3, -0.25) is 4.79 Å². The molecule has 6 heteroatoms. The normalized spacial score (nSPS) is 10.6. The maximum Gasteiger partial charge on any atom is 0.338 e. The largest absolute Gasteiger partial charge is 0.426 e. The van der Waals surface area contributed by atoms with Crippen LogP contribution < -0.4 is 14.2 Å². The van der Waals surface area contributed by atoms with E-state index in [1.807, 2.05) is 66.7 Å². The average Bonchev–Trinajstić information content (AvgIpc) is 2.98. The van der Waals surface area contributed by atoms with Gasteiger partial charge >= 0.3 is 17.9 Å². The van der Waals surface area contributed by atoms with Crippen molar-refractivity contribution >= 4 is 17.9 Å². The Morgan fingerprint density at radius 1 is 0.548 bits per heavy atom. The highest BCUT2D eigenvalue weighted by Crippen LogP contribution is 2.36. The molecule has 0 saturated heterocycles. The first kappa shape index (κ1) is 29.7. The van der Waals surface area contributed by atoms with Crippen LogP contribution in [0.1, 0.15) is 27.7 Å². The van der Waals surface area contributed by atoms with Crippen LogP contribution in [0.25, 0.3) is 33.4 Å². The zero-order valence-electron chi connectivity index (χ0n) is 24.1. The SMILES string of the molecule is C=C(C)C(=O)Oc1ccc(-c2ccc(-c3ccc(-c4ccc(OC(=O)C(=C)C)cc4)c(OC(=O)C(C)C)c3)cc2)cc1. The van der Waals surface area contributed by atoms with Crippen LogP contribution in [0.4, 0.5) is 0 Å². The second-order valence-electron chi connectivity index (χ2n) is 10.3. The molecule has 0 amide bonds. The molecular formula is C36H32O6. The Balaban J connectivity index is 1.59. The van der Waals surface area contributed by atoms with Crippen molar-refractivity contribution in [3.63, 3.8) is 0 Å². The number of rotatable bonds is 9. The van der Waals surface area contributed by atoms with Gasteiger partial charge in [0.25, 0.3) is 0 Å². The Hall–Kier alpha value is -5.23. The lowest BCUT2D eigenvalue weighted by molar-refractivity contribution is -0.137. The van der Waals surface area contributed by atoms with E-state index in [1.54, 1.807) is 52.0 Å². The molecular weight excluding hydrogens is 528 g/mol. The van der Waals surface area contributed by atoms with Crippen molar-refractivity contribution in [3.05, 3.63) is 115 Å². The number of carbonyl (C=O) groups excluding carboxylic acids is 3.